The molecule has 212 valence electrons. The molecule has 2 N–H and O–H groups in total. The van der Waals surface area contributed by atoms with Gasteiger partial charge in [-0.1, -0.05) is 13.0 Å². The molecule has 2 aromatic carbocycles. The van der Waals surface area contributed by atoms with Gasteiger partial charge in [0, 0.05) is 37.5 Å². The monoisotopic (exact) mass is 570 g/mol. The molecule has 0 saturated heterocycles. The highest BCUT2D eigenvalue weighted by atomic mass is 32.2. The fourth-order valence-electron chi connectivity index (χ4n) is 4.40. The Bertz CT molecular complexity index is 1470. The van der Waals surface area contributed by atoms with Crippen LogP contribution in [-0.2, 0) is 10.0 Å². The van der Waals surface area contributed by atoms with Crippen LogP contribution in [0.15, 0.2) is 71.9 Å². The quantitative estimate of drug-likeness (QED) is 0.426. The number of amides is 2. The topological polar surface area (TPSA) is 129 Å². The minimum atomic E-state index is -4.00. The summed E-state index contributed by atoms with van der Waals surface area (Å²) < 4.78 is 47.4. The van der Waals surface area contributed by atoms with Gasteiger partial charge in [-0.2, -0.15) is 4.31 Å². The standard InChI is InChI=1S/C28H31FN4O6S/c1-18-15-33(19(2)17-34)28(36)23-5-4-6-24(31-27(35)20-11-13-30-14-12-20)26(23)39-25(18)16-32(3)40(37,38)22-9-7-21(29)8-10-22/h4-14,18-19,25,34H,15-17H2,1-3H3,(H,31,35)/t18-,19-,25-/m0/s1. The average Bonchev–Trinajstić information content (AvgIpc) is 2.95. The van der Waals surface area contributed by atoms with Gasteiger partial charge in [0.25, 0.3) is 11.8 Å². The van der Waals surface area contributed by atoms with Crippen LogP contribution < -0.4 is 10.1 Å². The summed E-state index contributed by atoms with van der Waals surface area (Å²) in [6, 6.07) is 11.8. The second-order valence-corrected chi connectivity index (χ2v) is 11.8. The number of likely N-dealkylation sites (N-methyl/N-ethyl adjacent to an activating group) is 1. The molecule has 1 aromatic heterocycles. The van der Waals surface area contributed by atoms with E-state index in [1.165, 1.54) is 36.5 Å². The van der Waals surface area contributed by atoms with E-state index in [4.69, 9.17) is 4.74 Å². The minimum absolute atomic E-state index is 0.0775. The second-order valence-electron chi connectivity index (χ2n) is 9.73. The van der Waals surface area contributed by atoms with E-state index in [-0.39, 0.29) is 47.5 Å². The number of pyridine rings is 1. The number of ether oxygens (including phenoxy) is 1. The highest BCUT2D eigenvalue weighted by Gasteiger charge is 2.36. The number of benzene rings is 2. The molecule has 0 fully saturated rings. The molecular weight excluding hydrogens is 539 g/mol. The molecule has 1 aliphatic heterocycles. The fraction of sp³-hybridized carbons (Fsp3) is 0.321. The van der Waals surface area contributed by atoms with Crippen molar-refractivity contribution in [2.45, 2.75) is 30.9 Å². The predicted octanol–water partition coefficient (Wildman–Crippen LogP) is 3.01. The van der Waals surface area contributed by atoms with Crippen LogP contribution in [0.4, 0.5) is 10.1 Å². The van der Waals surface area contributed by atoms with E-state index in [1.807, 2.05) is 6.92 Å². The molecule has 40 heavy (non-hydrogen) atoms. The molecular formula is C28H31FN4O6S. The van der Waals surface area contributed by atoms with Crippen LogP contribution in [0, 0.1) is 11.7 Å². The van der Waals surface area contributed by atoms with Gasteiger partial charge in [-0.3, -0.25) is 14.6 Å². The Balaban J connectivity index is 1.72. The molecule has 3 aromatic rings. The summed E-state index contributed by atoms with van der Waals surface area (Å²) in [5, 5.41) is 12.6. The third-order valence-electron chi connectivity index (χ3n) is 6.84. The Morgan fingerprint density at radius 2 is 1.88 bits per heavy atom. The Kier molecular flexibility index (Phi) is 8.82. The summed E-state index contributed by atoms with van der Waals surface area (Å²) in [6.07, 6.45) is 2.20. The van der Waals surface area contributed by atoms with Crippen molar-refractivity contribution in [1.29, 1.82) is 0 Å². The number of aliphatic hydroxyl groups is 1. The number of fused-ring (bicyclic) bond motifs is 1. The molecule has 12 heteroatoms. The zero-order chi connectivity index (χ0) is 29.0. The van der Waals surface area contributed by atoms with Crippen molar-refractivity contribution < 1.29 is 32.2 Å². The maximum Gasteiger partial charge on any atom is 0.258 e. The van der Waals surface area contributed by atoms with Gasteiger partial charge in [0.05, 0.1) is 35.3 Å². The summed E-state index contributed by atoms with van der Waals surface area (Å²) in [5.41, 5.74) is 0.733. The summed E-state index contributed by atoms with van der Waals surface area (Å²) in [5.74, 6) is -1.70. The van der Waals surface area contributed by atoms with Gasteiger partial charge in [-0.15, -0.1) is 0 Å². The van der Waals surface area contributed by atoms with Gasteiger partial charge in [0.15, 0.2) is 5.75 Å². The zero-order valence-electron chi connectivity index (χ0n) is 22.3. The fourth-order valence-corrected chi connectivity index (χ4v) is 5.58. The van der Waals surface area contributed by atoms with E-state index >= 15 is 0 Å². The number of sulfonamides is 1. The van der Waals surface area contributed by atoms with Gasteiger partial charge in [0.2, 0.25) is 10.0 Å². The largest absolute Gasteiger partial charge is 0.486 e. The number of carbonyl (C=O) groups excluding carboxylic acids is 2. The lowest BCUT2D eigenvalue weighted by molar-refractivity contribution is 0.0388. The first-order valence-corrected chi connectivity index (χ1v) is 14.1. The summed E-state index contributed by atoms with van der Waals surface area (Å²) >= 11 is 0. The van der Waals surface area contributed by atoms with Crippen molar-refractivity contribution in [3.05, 3.63) is 83.9 Å². The first kappa shape index (κ1) is 29.1. The third kappa shape index (κ3) is 6.14. The number of hydrogen-bond donors (Lipinski definition) is 2. The molecule has 3 atom stereocenters. The number of hydrogen-bond acceptors (Lipinski definition) is 7. The highest BCUT2D eigenvalue weighted by Crippen LogP contribution is 2.35. The second kappa shape index (κ2) is 12.1. The number of para-hydroxylation sites is 1. The Morgan fingerprint density at radius 3 is 2.52 bits per heavy atom. The molecule has 0 spiro atoms. The lowest BCUT2D eigenvalue weighted by atomic mass is 9.99. The Morgan fingerprint density at radius 1 is 1.20 bits per heavy atom. The number of aliphatic hydroxyl groups excluding tert-OH is 1. The van der Waals surface area contributed by atoms with Gasteiger partial charge in [-0.25, -0.2) is 12.8 Å². The molecule has 0 saturated carbocycles. The molecule has 0 radical (unpaired) electrons. The lowest BCUT2D eigenvalue weighted by Gasteiger charge is -2.38. The number of halogens is 1. The number of aromatic nitrogens is 1. The van der Waals surface area contributed by atoms with E-state index in [0.717, 1.165) is 16.4 Å². The van der Waals surface area contributed by atoms with Crippen LogP contribution >= 0.6 is 0 Å². The molecule has 0 aliphatic carbocycles. The van der Waals surface area contributed by atoms with Crippen LogP contribution in [0.1, 0.15) is 34.6 Å². The maximum atomic E-state index is 13.6. The van der Waals surface area contributed by atoms with Crippen LogP contribution in [0.3, 0.4) is 0 Å². The minimum Gasteiger partial charge on any atom is -0.486 e. The van der Waals surface area contributed by atoms with Crippen molar-refractivity contribution in [3.63, 3.8) is 0 Å². The molecule has 2 amide bonds. The van der Waals surface area contributed by atoms with Gasteiger partial charge >= 0.3 is 0 Å². The zero-order valence-corrected chi connectivity index (χ0v) is 23.1. The van der Waals surface area contributed by atoms with Crippen molar-refractivity contribution in [1.82, 2.24) is 14.2 Å². The van der Waals surface area contributed by atoms with Crippen LogP contribution in [0.25, 0.3) is 0 Å². The number of carbonyl (C=O) groups is 2. The van der Waals surface area contributed by atoms with Gasteiger partial charge in [0.1, 0.15) is 11.9 Å². The van der Waals surface area contributed by atoms with E-state index in [9.17, 15) is 27.5 Å². The van der Waals surface area contributed by atoms with Gasteiger partial charge in [-0.05, 0) is 55.5 Å². The molecule has 10 nitrogen and oxygen atoms in total. The summed E-state index contributed by atoms with van der Waals surface area (Å²) in [4.78, 5) is 31.9. The Hall–Kier alpha value is -3.87. The van der Waals surface area contributed by atoms with E-state index < -0.39 is 39.8 Å². The number of nitrogens with one attached hydrogen (secondary N) is 1. The molecule has 4 rings (SSSR count). The van der Waals surface area contributed by atoms with Gasteiger partial charge < -0.3 is 20.1 Å². The van der Waals surface area contributed by atoms with Crippen molar-refractivity contribution >= 4 is 27.5 Å². The number of nitrogens with zero attached hydrogens (tertiary/aromatic N) is 3. The highest BCUT2D eigenvalue weighted by molar-refractivity contribution is 7.89. The van der Waals surface area contributed by atoms with Crippen LogP contribution in [0.2, 0.25) is 0 Å². The third-order valence-corrected chi connectivity index (χ3v) is 8.68. The van der Waals surface area contributed by atoms with E-state index in [2.05, 4.69) is 10.3 Å². The van der Waals surface area contributed by atoms with Crippen LogP contribution in [0.5, 0.6) is 5.75 Å². The van der Waals surface area contributed by atoms with Crippen molar-refractivity contribution in [2.24, 2.45) is 5.92 Å². The first-order chi connectivity index (χ1) is 19.0. The SMILES string of the molecule is C[C@H]1CN([C@@H](C)CO)C(=O)c2cccc(NC(=O)c3ccncc3)c2O[C@H]1CN(C)S(=O)(=O)c1ccc(F)cc1. The maximum absolute atomic E-state index is 13.6. The van der Waals surface area contributed by atoms with Crippen molar-refractivity contribution in [3.8, 4) is 5.75 Å². The van der Waals surface area contributed by atoms with E-state index in [1.54, 1.807) is 37.3 Å². The molecule has 2 heterocycles. The summed E-state index contributed by atoms with van der Waals surface area (Å²) in [7, 11) is -2.60. The molecule has 0 bridgehead atoms. The number of rotatable bonds is 8. The van der Waals surface area contributed by atoms with Crippen molar-refractivity contribution in [2.75, 3.05) is 32.1 Å². The van der Waals surface area contributed by atoms with E-state index in [0.29, 0.717) is 5.56 Å². The summed E-state index contributed by atoms with van der Waals surface area (Å²) in [6.45, 7) is 3.32. The smallest absolute Gasteiger partial charge is 0.258 e. The lowest BCUT2D eigenvalue weighted by Crippen LogP contribution is -2.50. The normalized spacial score (nSPS) is 18.4. The predicted molar refractivity (Wildman–Crippen MR) is 146 cm³/mol. The Labute approximate surface area is 232 Å². The number of anilines is 1. The molecule has 1 aliphatic rings. The first-order valence-electron chi connectivity index (χ1n) is 12.7. The molecule has 0 unspecified atom stereocenters. The average molecular weight is 571 g/mol. The van der Waals surface area contributed by atoms with Crippen LogP contribution in [-0.4, -0.2) is 78.4 Å².